The number of esters is 1. The number of methoxy groups -OCH3 is 1. The monoisotopic (exact) mass is 328 g/mol. The van der Waals surface area contributed by atoms with Gasteiger partial charge >= 0.3 is 5.97 Å². The van der Waals surface area contributed by atoms with Crippen molar-refractivity contribution < 1.29 is 18.7 Å². The number of carbonyl (C=O) groups is 2. The maximum absolute atomic E-state index is 12.5. The van der Waals surface area contributed by atoms with E-state index in [0.29, 0.717) is 11.3 Å². The molecule has 2 aromatic rings. The van der Waals surface area contributed by atoms with Crippen LogP contribution >= 0.6 is 0 Å². The third-order valence-electron chi connectivity index (χ3n) is 4.18. The van der Waals surface area contributed by atoms with Gasteiger partial charge in [-0.25, -0.2) is 4.79 Å². The van der Waals surface area contributed by atoms with Gasteiger partial charge < -0.3 is 19.4 Å². The molecule has 1 aromatic carbocycles. The van der Waals surface area contributed by atoms with Gasteiger partial charge in [-0.1, -0.05) is 0 Å². The molecule has 2 heterocycles. The summed E-state index contributed by atoms with van der Waals surface area (Å²) in [6.07, 6.45) is 3.71. The Morgan fingerprint density at radius 1 is 1.21 bits per heavy atom. The summed E-state index contributed by atoms with van der Waals surface area (Å²) in [5.74, 6) is -0.501. The minimum Gasteiger partial charge on any atom is -0.465 e. The summed E-state index contributed by atoms with van der Waals surface area (Å²) in [5.41, 5.74) is 2.64. The molecule has 1 fully saturated rings. The highest BCUT2D eigenvalue weighted by molar-refractivity contribution is 6.06. The molecular weight excluding hydrogens is 308 g/mol. The maximum atomic E-state index is 12.5. The van der Waals surface area contributed by atoms with Gasteiger partial charge in [0.25, 0.3) is 5.91 Å². The lowest BCUT2D eigenvalue weighted by Gasteiger charge is -2.22. The first-order chi connectivity index (χ1) is 11.6. The molecule has 1 aliphatic rings. The van der Waals surface area contributed by atoms with Gasteiger partial charge in [0, 0.05) is 18.7 Å². The fourth-order valence-electron chi connectivity index (χ4n) is 2.90. The summed E-state index contributed by atoms with van der Waals surface area (Å²) in [7, 11) is 1.33. The Bertz CT molecular complexity index is 760. The fraction of sp³-hybridized carbons (Fsp3) is 0.333. The van der Waals surface area contributed by atoms with Gasteiger partial charge in [-0.05, 0) is 44.0 Å². The quantitative estimate of drug-likeness (QED) is 0.873. The van der Waals surface area contributed by atoms with Crippen LogP contribution in [-0.4, -0.2) is 32.1 Å². The van der Waals surface area contributed by atoms with Crippen molar-refractivity contribution in [1.29, 1.82) is 0 Å². The van der Waals surface area contributed by atoms with Crippen LogP contribution in [0.15, 0.2) is 34.9 Å². The molecule has 126 valence electrons. The van der Waals surface area contributed by atoms with Crippen molar-refractivity contribution in [2.75, 3.05) is 30.4 Å². The number of ether oxygens (including phenoxy) is 1. The smallest absolute Gasteiger partial charge is 0.337 e. The standard InChI is InChI=1S/C18H20N2O4/c1-12-7-10-24-16(12)17(21)19-14-11-13(18(22)23-2)5-6-15(14)20-8-3-4-9-20/h5-7,10-11H,3-4,8-9H2,1-2H3,(H,19,21). The minimum atomic E-state index is -0.437. The first-order valence-electron chi connectivity index (χ1n) is 7.93. The van der Waals surface area contributed by atoms with Gasteiger partial charge in [-0.2, -0.15) is 0 Å². The first-order valence-corrected chi connectivity index (χ1v) is 7.93. The molecule has 0 bridgehead atoms. The Balaban J connectivity index is 1.94. The van der Waals surface area contributed by atoms with E-state index in [1.807, 2.05) is 13.0 Å². The third-order valence-corrected chi connectivity index (χ3v) is 4.18. The number of amides is 1. The van der Waals surface area contributed by atoms with E-state index in [4.69, 9.17) is 9.15 Å². The predicted molar refractivity (Wildman–Crippen MR) is 90.6 cm³/mol. The fourth-order valence-corrected chi connectivity index (χ4v) is 2.90. The zero-order valence-electron chi connectivity index (χ0n) is 13.8. The van der Waals surface area contributed by atoms with E-state index in [1.54, 1.807) is 18.2 Å². The van der Waals surface area contributed by atoms with Crippen LogP contribution in [0.1, 0.15) is 39.3 Å². The topological polar surface area (TPSA) is 71.8 Å². The summed E-state index contributed by atoms with van der Waals surface area (Å²) >= 11 is 0. The average Bonchev–Trinajstić information content (AvgIpc) is 3.25. The number of nitrogens with one attached hydrogen (secondary N) is 1. The molecule has 0 saturated carbocycles. The number of benzene rings is 1. The molecule has 3 rings (SSSR count). The molecule has 0 unspecified atom stereocenters. The summed E-state index contributed by atoms with van der Waals surface area (Å²) in [4.78, 5) is 26.5. The largest absolute Gasteiger partial charge is 0.465 e. The molecule has 1 amide bonds. The molecule has 1 aliphatic heterocycles. The highest BCUT2D eigenvalue weighted by atomic mass is 16.5. The van der Waals surface area contributed by atoms with Crippen molar-refractivity contribution in [2.24, 2.45) is 0 Å². The van der Waals surface area contributed by atoms with E-state index in [2.05, 4.69) is 10.2 Å². The summed E-state index contributed by atoms with van der Waals surface area (Å²) < 4.78 is 10.0. The van der Waals surface area contributed by atoms with Crippen molar-refractivity contribution in [2.45, 2.75) is 19.8 Å². The number of aryl methyl sites for hydroxylation is 1. The molecule has 1 saturated heterocycles. The number of hydrogen-bond donors (Lipinski definition) is 1. The molecular formula is C18H20N2O4. The van der Waals surface area contributed by atoms with Crippen LogP contribution in [0.5, 0.6) is 0 Å². The van der Waals surface area contributed by atoms with E-state index < -0.39 is 5.97 Å². The maximum Gasteiger partial charge on any atom is 0.337 e. The highest BCUT2D eigenvalue weighted by Crippen LogP contribution is 2.31. The Labute approximate surface area is 140 Å². The van der Waals surface area contributed by atoms with E-state index in [0.717, 1.165) is 37.2 Å². The van der Waals surface area contributed by atoms with Gasteiger partial charge in [-0.15, -0.1) is 0 Å². The van der Waals surface area contributed by atoms with E-state index >= 15 is 0 Å². The lowest BCUT2D eigenvalue weighted by atomic mass is 10.1. The van der Waals surface area contributed by atoms with Gasteiger partial charge in [0.2, 0.25) is 0 Å². The molecule has 0 atom stereocenters. The normalized spacial score (nSPS) is 13.8. The number of nitrogens with zero attached hydrogens (tertiary/aromatic N) is 1. The van der Waals surface area contributed by atoms with Crippen LogP contribution in [0, 0.1) is 6.92 Å². The van der Waals surface area contributed by atoms with Crippen LogP contribution in [0.25, 0.3) is 0 Å². The van der Waals surface area contributed by atoms with Crippen molar-refractivity contribution in [3.05, 3.63) is 47.4 Å². The third kappa shape index (κ3) is 3.13. The van der Waals surface area contributed by atoms with Crippen molar-refractivity contribution in [3.8, 4) is 0 Å². The summed E-state index contributed by atoms with van der Waals surface area (Å²) in [6, 6.07) is 6.95. The molecule has 0 aliphatic carbocycles. The van der Waals surface area contributed by atoms with Gasteiger partial charge in [0.05, 0.1) is 30.3 Å². The summed E-state index contributed by atoms with van der Waals surface area (Å²) in [6.45, 7) is 3.67. The lowest BCUT2D eigenvalue weighted by Crippen LogP contribution is -2.21. The van der Waals surface area contributed by atoms with Gasteiger partial charge in [-0.3, -0.25) is 4.79 Å². The average molecular weight is 328 g/mol. The SMILES string of the molecule is COC(=O)c1ccc(N2CCCC2)c(NC(=O)c2occc2C)c1. The number of carbonyl (C=O) groups excluding carboxylic acids is 2. The van der Waals surface area contributed by atoms with Crippen molar-refractivity contribution in [3.63, 3.8) is 0 Å². The molecule has 1 N–H and O–H groups in total. The first kappa shape index (κ1) is 16.1. The van der Waals surface area contributed by atoms with E-state index in [-0.39, 0.29) is 11.7 Å². The predicted octanol–water partition coefficient (Wildman–Crippen LogP) is 3.23. The van der Waals surface area contributed by atoms with Crippen LogP contribution in [-0.2, 0) is 4.74 Å². The second-order valence-corrected chi connectivity index (χ2v) is 5.80. The van der Waals surface area contributed by atoms with E-state index in [1.165, 1.54) is 13.4 Å². The Morgan fingerprint density at radius 2 is 1.96 bits per heavy atom. The van der Waals surface area contributed by atoms with Gasteiger partial charge in [0.1, 0.15) is 0 Å². The van der Waals surface area contributed by atoms with Crippen LogP contribution < -0.4 is 10.2 Å². The van der Waals surface area contributed by atoms with Crippen LogP contribution in [0.4, 0.5) is 11.4 Å². The summed E-state index contributed by atoms with van der Waals surface area (Å²) in [5, 5.41) is 2.87. The van der Waals surface area contributed by atoms with Crippen LogP contribution in [0.2, 0.25) is 0 Å². The van der Waals surface area contributed by atoms with Crippen molar-refractivity contribution >= 4 is 23.3 Å². The molecule has 0 radical (unpaired) electrons. The Hall–Kier alpha value is -2.76. The second kappa shape index (κ2) is 6.78. The second-order valence-electron chi connectivity index (χ2n) is 5.80. The number of rotatable bonds is 4. The number of furan rings is 1. The molecule has 6 nitrogen and oxygen atoms in total. The molecule has 6 heteroatoms. The minimum absolute atomic E-state index is 0.269. The Morgan fingerprint density at radius 3 is 2.58 bits per heavy atom. The molecule has 0 spiro atoms. The zero-order chi connectivity index (χ0) is 17.1. The Kier molecular flexibility index (Phi) is 4.55. The molecule has 1 aromatic heterocycles. The molecule has 24 heavy (non-hydrogen) atoms. The zero-order valence-corrected chi connectivity index (χ0v) is 13.8. The highest BCUT2D eigenvalue weighted by Gasteiger charge is 2.21. The van der Waals surface area contributed by atoms with Crippen LogP contribution in [0.3, 0.4) is 0 Å². The van der Waals surface area contributed by atoms with Crippen molar-refractivity contribution in [1.82, 2.24) is 0 Å². The van der Waals surface area contributed by atoms with E-state index in [9.17, 15) is 9.59 Å². The number of hydrogen-bond acceptors (Lipinski definition) is 5. The number of anilines is 2. The van der Waals surface area contributed by atoms with Gasteiger partial charge in [0.15, 0.2) is 5.76 Å². The lowest BCUT2D eigenvalue weighted by molar-refractivity contribution is 0.0600.